The minimum atomic E-state index is -0.233. The maximum absolute atomic E-state index is 12.1. The van der Waals surface area contributed by atoms with Crippen molar-refractivity contribution in [1.82, 2.24) is 20.2 Å². The maximum atomic E-state index is 12.1. The second kappa shape index (κ2) is 8.29. The Kier molecular flexibility index (Phi) is 5.63. The van der Waals surface area contributed by atoms with Crippen LogP contribution in [0.3, 0.4) is 0 Å². The van der Waals surface area contributed by atoms with E-state index in [1.807, 2.05) is 55.7 Å². The lowest BCUT2D eigenvalue weighted by Gasteiger charge is -2.09. The highest BCUT2D eigenvalue weighted by Crippen LogP contribution is 2.11. The van der Waals surface area contributed by atoms with Crippen LogP contribution < -0.4 is 10.6 Å². The average molecular weight is 350 g/mol. The zero-order chi connectivity index (χ0) is 18.4. The summed E-state index contributed by atoms with van der Waals surface area (Å²) >= 11 is 0. The molecule has 2 aromatic carbocycles. The summed E-state index contributed by atoms with van der Waals surface area (Å²) in [6, 6.07) is 15.3. The van der Waals surface area contributed by atoms with Crippen LogP contribution in [0.2, 0.25) is 0 Å². The van der Waals surface area contributed by atoms with Crippen molar-refractivity contribution >= 4 is 22.8 Å². The molecule has 0 radical (unpaired) electrons. The lowest BCUT2D eigenvalue weighted by atomic mass is 10.1. The van der Waals surface area contributed by atoms with E-state index < -0.39 is 0 Å². The Hall–Kier alpha value is -3.15. The van der Waals surface area contributed by atoms with Gasteiger partial charge in [0.2, 0.25) is 5.91 Å². The summed E-state index contributed by atoms with van der Waals surface area (Å²) in [7, 11) is 0. The van der Waals surface area contributed by atoms with Gasteiger partial charge in [-0.3, -0.25) is 9.59 Å². The van der Waals surface area contributed by atoms with E-state index in [2.05, 4.69) is 20.2 Å². The number of nitrogens with zero attached hydrogens (tertiary/aromatic N) is 2. The minimum absolute atomic E-state index is 0.0266. The monoisotopic (exact) mass is 350 g/mol. The van der Waals surface area contributed by atoms with Crippen molar-refractivity contribution in [3.05, 3.63) is 66.0 Å². The first-order valence-corrected chi connectivity index (χ1v) is 8.65. The number of hydrogen-bond acceptors (Lipinski definition) is 3. The van der Waals surface area contributed by atoms with Gasteiger partial charge in [-0.05, 0) is 37.1 Å². The molecule has 0 aliphatic rings. The summed E-state index contributed by atoms with van der Waals surface area (Å²) in [5, 5.41) is 5.48. The number of nitrogens with one attached hydrogen (secondary N) is 2. The lowest BCUT2D eigenvalue weighted by molar-refractivity contribution is -0.120. The number of amides is 2. The van der Waals surface area contributed by atoms with Gasteiger partial charge in [0.05, 0.1) is 23.9 Å². The summed E-state index contributed by atoms with van der Waals surface area (Å²) < 4.78 is 2.07. The Bertz CT molecular complexity index is 917. The van der Waals surface area contributed by atoms with Crippen LogP contribution in [-0.2, 0) is 11.3 Å². The van der Waals surface area contributed by atoms with Crippen LogP contribution in [0.4, 0.5) is 0 Å². The molecular formula is C20H22N4O2. The Labute approximate surface area is 152 Å². The number of para-hydroxylation sites is 2. The number of imidazole rings is 1. The van der Waals surface area contributed by atoms with Crippen molar-refractivity contribution in [2.45, 2.75) is 19.9 Å². The Morgan fingerprint density at radius 3 is 2.65 bits per heavy atom. The molecule has 26 heavy (non-hydrogen) atoms. The van der Waals surface area contributed by atoms with E-state index in [-0.39, 0.29) is 18.4 Å². The van der Waals surface area contributed by atoms with Crippen molar-refractivity contribution < 1.29 is 9.59 Å². The molecule has 6 heteroatoms. The molecule has 1 aromatic heterocycles. The van der Waals surface area contributed by atoms with Crippen LogP contribution in [0, 0.1) is 6.92 Å². The standard InChI is InChI=1S/C20H22N4O2/c1-15-7-2-3-8-16(15)20(26)22-13-19(25)21-11-6-12-24-14-23-17-9-4-5-10-18(17)24/h2-5,7-10,14H,6,11-13H2,1H3,(H,21,25)(H,22,26). The molecule has 3 rings (SSSR count). The van der Waals surface area contributed by atoms with Crippen LogP contribution in [0.25, 0.3) is 11.0 Å². The Balaban J connectivity index is 1.39. The van der Waals surface area contributed by atoms with Gasteiger partial charge in [0, 0.05) is 18.7 Å². The van der Waals surface area contributed by atoms with Crippen molar-refractivity contribution in [3.8, 4) is 0 Å². The van der Waals surface area contributed by atoms with E-state index >= 15 is 0 Å². The van der Waals surface area contributed by atoms with Gasteiger partial charge in [0.25, 0.3) is 5.91 Å². The largest absolute Gasteiger partial charge is 0.355 e. The number of benzene rings is 2. The molecule has 2 amide bonds. The predicted molar refractivity (Wildman–Crippen MR) is 101 cm³/mol. The number of rotatable bonds is 7. The van der Waals surface area contributed by atoms with Gasteiger partial charge in [0.1, 0.15) is 0 Å². The quantitative estimate of drug-likeness (QED) is 0.642. The fourth-order valence-electron chi connectivity index (χ4n) is 2.81. The van der Waals surface area contributed by atoms with Crippen molar-refractivity contribution in [1.29, 1.82) is 0 Å². The van der Waals surface area contributed by atoms with Gasteiger partial charge in [-0.1, -0.05) is 30.3 Å². The van der Waals surface area contributed by atoms with Crippen molar-refractivity contribution in [3.63, 3.8) is 0 Å². The average Bonchev–Trinajstić information content (AvgIpc) is 3.07. The van der Waals surface area contributed by atoms with Gasteiger partial charge in [0.15, 0.2) is 0 Å². The molecule has 6 nitrogen and oxygen atoms in total. The summed E-state index contributed by atoms with van der Waals surface area (Å²) in [5.74, 6) is -0.425. The molecule has 2 N–H and O–H groups in total. The Morgan fingerprint density at radius 1 is 1.04 bits per heavy atom. The van der Waals surface area contributed by atoms with E-state index in [1.54, 1.807) is 6.07 Å². The third kappa shape index (κ3) is 4.27. The van der Waals surface area contributed by atoms with Crippen LogP contribution in [-0.4, -0.2) is 34.5 Å². The lowest BCUT2D eigenvalue weighted by Crippen LogP contribution is -2.37. The molecule has 0 aliphatic carbocycles. The van der Waals surface area contributed by atoms with Crippen LogP contribution >= 0.6 is 0 Å². The number of carbonyl (C=O) groups excluding carboxylic acids is 2. The zero-order valence-electron chi connectivity index (χ0n) is 14.7. The molecule has 0 saturated carbocycles. The van der Waals surface area contributed by atoms with Gasteiger partial charge in [-0.15, -0.1) is 0 Å². The fourth-order valence-corrected chi connectivity index (χ4v) is 2.81. The van der Waals surface area contributed by atoms with E-state index in [1.165, 1.54) is 0 Å². The number of hydrogen-bond donors (Lipinski definition) is 2. The van der Waals surface area contributed by atoms with Crippen LogP contribution in [0.15, 0.2) is 54.9 Å². The number of aryl methyl sites for hydroxylation is 2. The molecule has 0 fully saturated rings. The van der Waals surface area contributed by atoms with Gasteiger partial charge in [-0.2, -0.15) is 0 Å². The molecule has 3 aromatic rings. The molecule has 0 atom stereocenters. The number of carbonyl (C=O) groups is 2. The highest BCUT2D eigenvalue weighted by atomic mass is 16.2. The third-order valence-corrected chi connectivity index (χ3v) is 4.22. The van der Waals surface area contributed by atoms with E-state index in [0.717, 1.165) is 29.6 Å². The van der Waals surface area contributed by atoms with Gasteiger partial charge in [-0.25, -0.2) is 4.98 Å². The second-order valence-corrected chi connectivity index (χ2v) is 6.13. The van der Waals surface area contributed by atoms with E-state index in [4.69, 9.17) is 0 Å². The minimum Gasteiger partial charge on any atom is -0.355 e. The molecule has 0 unspecified atom stereocenters. The van der Waals surface area contributed by atoms with Gasteiger partial charge >= 0.3 is 0 Å². The highest BCUT2D eigenvalue weighted by molar-refractivity contribution is 5.97. The highest BCUT2D eigenvalue weighted by Gasteiger charge is 2.09. The Morgan fingerprint density at radius 2 is 1.81 bits per heavy atom. The molecule has 0 bridgehead atoms. The van der Waals surface area contributed by atoms with E-state index in [0.29, 0.717) is 12.1 Å². The molecular weight excluding hydrogens is 328 g/mol. The molecule has 0 aliphatic heterocycles. The summed E-state index contributed by atoms with van der Waals surface area (Å²) in [6.45, 7) is 3.16. The third-order valence-electron chi connectivity index (χ3n) is 4.22. The summed E-state index contributed by atoms with van der Waals surface area (Å²) in [5.41, 5.74) is 3.53. The molecule has 0 spiro atoms. The number of aromatic nitrogens is 2. The molecule has 134 valence electrons. The van der Waals surface area contributed by atoms with Gasteiger partial charge < -0.3 is 15.2 Å². The second-order valence-electron chi connectivity index (χ2n) is 6.13. The summed E-state index contributed by atoms with van der Waals surface area (Å²) in [6.07, 6.45) is 2.60. The van der Waals surface area contributed by atoms with Crippen LogP contribution in [0.1, 0.15) is 22.3 Å². The van der Waals surface area contributed by atoms with Crippen molar-refractivity contribution in [2.24, 2.45) is 0 Å². The number of fused-ring (bicyclic) bond motifs is 1. The topological polar surface area (TPSA) is 76.0 Å². The van der Waals surface area contributed by atoms with Crippen molar-refractivity contribution in [2.75, 3.05) is 13.1 Å². The molecule has 1 heterocycles. The normalized spacial score (nSPS) is 10.7. The molecule has 0 saturated heterocycles. The smallest absolute Gasteiger partial charge is 0.251 e. The predicted octanol–water partition coefficient (Wildman–Crippen LogP) is 2.28. The van der Waals surface area contributed by atoms with E-state index in [9.17, 15) is 9.59 Å². The first-order valence-electron chi connectivity index (χ1n) is 8.65. The zero-order valence-corrected chi connectivity index (χ0v) is 14.7. The first kappa shape index (κ1) is 17.7. The maximum Gasteiger partial charge on any atom is 0.251 e. The van der Waals surface area contributed by atoms with Crippen LogP contribution in [0.5, 0.6) is 0 Å². The fraction of sp³-hybridized carbons (Fsp3) is 0.250. The summed E-state index contributed by atoms with van der Waals surface area (Å²) in [4.78, 5) is 28.3. The SMILES string of the molecule is Cc1ccccc1C(=O)NCC(=O)NCCCn1cnc2ccccc21. The first-order chi connectivity index (χ1) is 12.6.